The zero-order valence-electron chi connectivity index (χ0n) is 5.81. The van der Waals surface area contributed by atoms with Crippen LogP contribution >= 0.6 is 0 Å². The first kappa shape index (κ1) is 10.3. The van der Waals surface area contributed by atoms with E-state index >= 15 is 0 Å². The van der Waals surface area contributed by atoms with Gasteiger partial charge in [-0.25, -0.2) is 0 Å². The van der Waals surface area contributed by atoms with E-state index in [0.29, 0.717) is 0 Å². The smallest absolute Gasteiger partial charge is 0.328 e. The van der Waals surface area contributed by atoms with Gasteiger partial charge in [0.25, 0.3) is 10.1 Å². The lowest BCUT2D eigenvalue weighted by atomic mass is 10.2. The topological polar surface area (TPSA) is 118 Å². The van der Waals surface area contributed by atoms with Crippen LogP contribution in [0.1, 0.15) is 6.92 Å². The summed E-state index contributed by atoms with van der Waals surface area (Å²) < 4.78 is 27.0. The van der Waals surface area contributed by atoms with Gasteiger partial charge in [0.2, 0.25) is 4.75 Å². The van der Waals surface area contributed by atoms with E-state index < -0.39 is 27.4 Å². The zero-order chi connectivity index (χ0) is 9.28. The molecule has 0 aromatic rings. The number of carbonyl (C=O) groups is 1. The maximum absolute atomic E-state index is 10.4. The van der Waals surface area contributed by atoms with Gasteiger partial charge >= 0.3 is 5.97 Å². The van der Waals surface area contributed by atoms with Gasteiger partial charge in [-0.3, -0.25) is 9.35 Å². The minimum absolute atomic E-state index is 0.666. The lowest BCUT2D eigenvalue weighted by Gasteiger charge is -2.17. The average Bonchev–Trinajstić information content (AvgIpc) is 1.83. The molecular formula is C4H9NO5S. The third-order valence-electron chi connectivity index (χ3n) is 1.41. The number of hydrogen-bond donors (Lipinski definition) is 3. The molecule has 0 bridgehead atoms. The summed E-state index contributed by atoms with van der Waals surface area (Å²) in [5, 5.41) is 8.35. The van der Waals surface area contributed by atoms with E-state index in [-0.39, 0.29) is 0 Å². The lowest BCUT2D eigenvalue weighted by molar-refractivity contribution is -0.139. The Bertz CT molecular complexity index is 258. The minimum atomic E-state index is -4.64. The van der Waals surface area contributed by atoms with E-state index in [4.69, 9.17) is 15.4 Å². The van der Waals surface area contributed by atoms with Crippen molar-refractivity contribution in [2.24, 2.45) is 5.73 Å². The highest BCUT2D eigenvalue weighted by atomic mass is 32.2. The van der Waals surface area contributed by atoms with E-state index in [2.05, 4.69) is 0 Å². The predicted octanol–water partition coefficient (Wildman–Crippen LogP) is -1.32. The molecule has 0 rings (SSSR count). The van der Waals surface area contributed by atoms with Crippen molar-refractivity contribution in [2.45, 2.75) is 11.7 Å². The quantitative estimate of drug-likeness (QED) is 0.467. The zero-order valence-corrected chi connectivity index (χ0v) is 6.63. The van der Waals surface area contributed by atoms with Crippen LogP contribution in [0.3, 0.4) is 0 Å². The summed E-state index contributed by atoms with van der Waals surface area (Å²) in [7, 11) is -4.64. The Balaban J connectivity index is 5.09. The van der Waals surface area contributed by atoms with E-state index in [1.54, 1.807) is 0 Å². The molecule has 6 nitrogen and oxygen atoms in total. The molecule has 0 saturated heterocycles. The maximum atomic E-state index is 10.4. The molecule has 1 atom stereocenters. The normalized spacial score (nSPS) is 17.4. The summed E-state index contributed by atoms with van der Waals surface area (Å²) >= 11 is 0. The summed E-state index contributed by atoms with van der Waals surface area (Å²) in [6.45, 7) is 0.172. The van der Waals surface area contributed by atoms with Crippen LogP contribution in [0.5, 0.6) is 0 Å². The Hall–Kier alpha value is -0.660. The van der Waals surface area contributed by atoms with Crippen molar-refractivity contribution in [3.05, 3.63) is 0 Å². The van der Waals surface area contributed by atoms with Crippen LogP contribution in [-0.2, 0) is 14.9 Å². The molecule has 0 aliphatic carbocycles. The molecule has 11 heavy (non-hydrogen) atoms. The molecule has 0 radical (unpaired) electrons. The highest BCUT2D eigenvalue weighted by Crippen LogP contribution is 2.13. The second-order valence-corrected chi connectivity index (χ2v) is 4.07. The van der Waals surface area contributed by atoms with Gasteiger partial charge in [-0.1, -0.05) is 0 Å². The predicted molar refractivity (Wildman–Crippen MR) is 36.6 cm³/mol. The van der Waals surface area contributed by atoms with Crippen LogP contribution in [0.25, 0.3) is 0 Å². The molecule has 0 aliphatic heterocycles. The first-order valence-electron chi connectivity index (χ1n) is 2.66. The third kappa shape index (κ3) is 1.67. The van der Waals surface area contributed by atoms with Crippen molar-refractivity contribution in [1.29, 1.82) is 0 Å². The van der Waals surface area contributed by atoms with E-state index in [1.807, 2.05) is 0 Å². The first-order chi connectivity index (χ1) is 4.75. The molecule has 0 fully saturated rings. The van der Waals surface area contributed by atoms with Gasteiger partial charge < -0.3 is 10.8 Å². The SMILES string of the molecule is CC(CN)(C(=O)O)S(=O)(=O)O. The van der Waals surface area contributed by atoms with Crippen molar-refractivity contribution in [1.82, 2.24) is 0 Å². The van der Waals surface area contributed by atoms with Crippen molar-refractivity contribution >= 4 is 16.1 Å². The summed E-state index contributed by atoms with van der Waals surface area (Å²) in [5.41, 5.74) is 4.87. The second-order valence-electron chi connectivity index (χ2n) is 2.22. The van der Waals surface area contributed by atoms with E-state index in [1.165, 1.54) is 0 Å². The minimum Gasteiger partial charge on any atom is -0.480 e. The Labute approximate surface area is 63.8 Å². The molecule has 0 amide bonds. The van der Waals surface area contributed by atoms with Crippen molar-refractivity contribution in [3.63, 3.8) is 0 Å². The molecule has 0 aromatic heterocycles. The third-order valence-corrected chi connectivity index (χ3v) is 2.89. The molecule has 1 unspecified atom stereocenters. The number of carboxylic acids is 1. The summed E-state index contributed by atoms with van der Waals surface area (Å²) in [4.78, 5) is 10.3. The van der Waals surface area contributed by atoms with Crippen LogP contribution in [0, 0.1) is 0 Å². The number of rotatable bonds is 3. The molecule has 66 valence electrons. The molecule has 0 saturated carbocycles. The molecule has 0 aliphatic rings. The van der Waals surface area contributed by atoms with Crippen LogP contribution in [0.15, 0.2) is 0 Å². The standard InChI is InChI=1S/C4H9NO5S/c1-4(2-5,3(6)7)11(8,9)10/h2,5H2,1H3,(H,6,7)(H,8,9,10). The molecule has 0 heterocycles. The highest BCUT2D eigenvalue weighted by molar-refractivity contribution is 7.88. The summed E-state index contributed by atoms with van der Waals surface area (Å²) in [5.74, 6) is -1.66. The first-order valence-corrected chi connectivity index (χ1v) is 4.10. The van der Waals surface area contributed by atoms with Gasteiger partial charge in [0.1, 0.15) is 0 Å². The van der Waals surface area contributed by atoms with Crippen molar-refractivity contribution < 1.29 is 22.9 Å². The second kappa shape index (κ2) is 2.76. The van der Waals surface area contributed by atoms with Gasteiger partial charge in [0.05, 0.1) is 0 Å². The van der Waals surface area contributed by atoms with Crippen LogP contribution in [0.2, 0.25) is 0 Å². The number of nitrogens with two attached hydrogens (primary N) is 1. The molecule has 0 spiro atoms. The van der Waals surface area contributed by atoms with Crippen molar-refractivity contribution in [2.75, 3.05) is 6.54 Å². The molecule has 7 heteroatoms. The highest BCUT2D eigenvalue weighted by Gasteiger charge is 2.44. The number of carboxylic acid groups (broad SMARTS) is 1. The van der Waals surface area contributed by atoms with Gasteiger partial charge in [-0.2, -0.15) is 8.42 Å². The van der Waals surface area contributed by atoms with E-state index in [9.17, 15) is 13.2 Å². The Morgan fingerprint density at radius 2 is 2.00 bits per heavy atom. The van der Waals surface area contributed by atoms with Crippen LogP contribution in [0.4, 0.5) is 0 Å². The monoisotopic (exact) mass is 183 g/mol. The fourth-order valence-electron chi connectivity index (χ4n) is 0.303. The number of aliphatic carboxylic acids is 1. The van der Waals surface area contributed by atoms with Gasteiger partial charge in [0, 0.05) is 6.54 Å². The fraction of sp³-hybridized carbons (Fsp3) is 0.750. The summed E-state index contributed by atoms with van der Waals surface area (Å²) in [6, 6.07) is 0. The summed E-state index contributed by atoms with van der Waals surface area (Å²) in [6.07, 6.45) is 0. The fourth-order valence-corrected chi connectivity index (χ4v) is 0.734. The average molecular weight is 183 g/mol. The molecular weight excluding hydrogens is 174 g/mol. The van der Waals surface area contributed by atoms with Crippen LogP contribution < -0.4 is 5.73 Å². The number of hydrogen-bond acceptors (Lipinski definition) is 4. The van der Waals surface area contributed by atoms with Crippen molar-refractivity contribution in [3.8, 4) is 0 Å². The molecule has 4 N–H and O–H groups in total. The van der Waals surface area contributed by atoms with Gasteiger partial charge in [-0.15, -0.1) is 0 Å². The largest absolute Gasteiger partial charge is 0.480 e. The Morgan fingerprint density at radius 1 is 1.64 bits per heavy atom. The Morgan fingerprint density at radius 3 is 2.00 bits per heavy atom. The Kier molecular flexibility index (Phi) is 2.60. The van der Waals surface area contributed by atoms with Crippen LogP contribution in [-0.4, -0.2) is 35.3 Å². The van der Waals surface area contributed by atoms with E-state index in [0.717, 1.165) is 6.92 Å². The molecule has 0 aromatic carbocycles. The van der Waals surface area contributed by atoms with Gasteiger partial charge in [0.15, 0.2) is 0 Å². The van der Waals surface area contributed by atoms with Gasteiger partial charge in [-0.05, 0) is 6.92 Å². The maximum Gasteiger partial charge on any atom is 0.328 e. The lowest BCUT2D eigenvalue weighted by Crippen LogP contribution is -2.49.